The number of carbonyl (C=O) groups is 1. The molecule has 7 heteroatoms. The van der Waals surface area contributed by atoms with Gasteiger partial charge in [-0.1, -0.05) is 6.07 Å². The number of amides is 1. The molecule has 0 unspecified atom stereocenters. The lowest BCUT2D eigenvalue weighted by molar-refractivity contribution is 0.0607. The van der Waals surface area contributed by atoms with E-state index in [2.05, 4.69) is 10.0 Å². The molecule has 1 aromatic carbocycles. The highest BCUT2D eigenvalue weighted by Crippen LogP contribution is 2.37. The van der Waals surface area contributed by atoms with Gasteiger partial charge in [0.1, 0.15) is 0 Å². The van der Waals surface area contributed by atoms with E-state index in [4.69, 9.17) is 0 Å². The first-order valence-electron chi connectivity index (χ1n) is 9.10. The molecule has 1 aliphatic carbocycles. The van der Waals surface area contributed by atoms with E-state index in [9.17, 15) is 13.2 Å². The largest absolute Gasteiger partial charge is 0.339 e. The van der Waals surface area contributed by atoms with Crippen LogP contribution in [0.2, 0.25) is 0 Å². The van der Waals surface area contributed by atoms with Gasteiger partial charge in [-0.3, -0.25) is 4.79 Å². The minimum atomic E-state index is -3.53. The summed E-state index contributed by atoms with van der Waals surface area (Å²) in [6.07, 6.45) is 5.01. The van der Waals surface area contributed by atoms with Crippen LogP contribution in [-0.4, -0.2) is 51.4 Å². The maximum Gasteiger partial charge on any atom is 0.253 e. The number of benzene rings is 1. The molecule has 0 aromatic heterocycles. The summed E-state index contributed by atoms with van der Waals surface area (Å²) in [4.78, 5) is 14.9. The van der Waals surface area contributed by atoms with Crippen LogP contribution in [0.3, 0.4) is 0 Å². The van der Waals surface area contributed by atoms with Gasteiger partial charge in [0.2, 0.25) is 10.0 Å². The first kappa shape index (κ1) is 17.0. The third kappa shape index (κ3) is 3.59. The Kier molecular flexibility index (Phi) is 4.33. The molecule has 3 aliphatic rings. The number of nitrogens with zero attached hydrogens (tertiary/aromatic N) is 1. The van der Waals surface area contributed by atoms with Crippen molar-refractivity contribution < 1.29 is 13.2 Å². The van der Waals surface area contributed by atoms with Gasteiger partial charge in [-0.2, -0.15) is 0 Å². The monoisotopic (exact) mass is 363 g/mol. The molecule has 2 heterocycles. The van der Waals surface area contributed by atoms with Crippen LogP contribution < -0.4 is 10.0 Å². The van der Waals surface area contributed by atoms with Crippen LogP contribution in [0.1, 0.15) is 42.5 Å². The lowest BCUT2D eigenvalue weighted by Gasteiger charge is -2.38. The van der Waals surface area contributed by atoms with Crippen molar-refractivity contribution in [3.8, 4) is 0 Å². The lowest BCUT2D eigenvalue weighted by atomic mass is 9.78. The van der Waals surface area contributed by atoms with Crippen LogP contribution in [0.15, 0.2) is 29.2 Å². The number of piperidine rings is 1. The number of likely N-dealkylation sites (tertiary alicyclic amines) is 1. The van der Waals surface area contributed by atoms with Crippen LogP contribution in [0.5, 0.6) is 0 Å². The predicted molar refractivity (Wildman–Crippen MR) is 94.8 cm³/mol. The molecule has 0 bridgehead atoms. The summed E-state index contributed by atoms with van der Waals surface area (Å²) in [5.74, 6) is -0.0655. The summed E-state index contributed by atoms with van der Waals surface area (Å²) in [6, 6.07) is 6.48. The summed E-state index contributed by atoms with van der Waals surface area (Å²) >= 11 is 0. The van der Waals surface area contributed by atoms with Crippen molar-refractivity contribution in [1.82, 2.24) is 14.9 Å². The molecule has 4 rings (SSSR count). The van der Waals surface area contributed by atoms with Gasteiger partial charge in [-0.15, -0.1) is 0 Å². The van der Waals surface area contributed by atoms with E-state index in [1.807, 2.05) is 4.90 Å². The van der Waals surface area contributed by atoms with E-state index >= 15 is 0 Å². The van der Waals surface area contributed by atoms with Crippen LogP contribution in [0.25, 0.3) is 0 Å². The third-order valence-corrected chi connectivity index (χ3v) is 7.25. The fourth-order valence-electron chi connectivity index (χ4n) is 3.87. The Morgan fingerprint density at radius 2 is 1.96 bits per heavy atom. The van der Waals surface area contributed by atoms with Gasteiger partial charge < -0.3 is 10.2 Å². The molecule has 0 radical (unpaired) electrons. The Morgan fingerprint density at radius 3 is 2.60 bits per heavy atom. The van der Waals surface area contributed by atoms with Gasteiger partial charge in [-0.05, 0) is 62.3 Å². The number of hydrogen-bond acceptors (Lipinski definition) is 4. The number of sulfonamides is 1. The zero-order valence-corrected chi connectivity index (χ0v) is 15.1. The molecule has 136 valence electrons. The molecule has 2 aliphatic heterocycles. The summed E-state index contributed by atoms with van der Waals surface area (Å²) in [5.41, 5.74) is 0.815. The summed E-state index contributed by atoms with van der Waals surface area (Å²) in [7, 11) is -3.53. The fraction of sp³-hybridized carbons (Fsp3) is 0.611. The van der Waals surface area contributed by atoms with Crippen LogP contribution in [0.4, 0.5) is 0 Å². The van der Waals surface area contributed by atoms with Gasteiger partial charge in [-0.25, -0.2) is 13.1 Å². The van der Waals surface area contributed by atoms with E-state index in [0.717, 1.165) is 51.9 Å². The first-order valence-corrected chi connectivity index (χ1v) is 10.6. The lowest BCUT2D eigenvalue weighted by Crippen LogP contribution is -2.44. The van der Waals surface area contributed by atoms with Crippen LogP contribution in [0, 0.1) is 5.41 Å². The fourth-order valence-corrected chi connectivity index (χ4v) is 5.22. The van der Waals surface area contributed by atoms with E-state index in [1.165, 1.54) is 12.5 Å². The molecular formula is C18H25N3O3S. The van der Waals surface area contributed by atoms with Crippen molar-refractivity contribution in [3.63, 3.8) is 0 Å². The summed E-state index contributed by atoms with van der Waals surface area (Å²) in [5, 5.41) is 3.43. The van der Waals surface area contributed by atoms with E-state index in [0.29, 0.717) is 11.0 Å². The molecule has 25 heavy (non-hydrogen) atoms. The molecule has 6 nitrogen and oxygen atoms in total. The molecule has 1 spiro atoms. The molecule has 3 fully saturated rings. The highest BCUT2D eigenvalue weighted by atomic mass is 32.2. The summed E-state index contributed by atoms with van der Waals surface area (Å²) in [6.45, 7) is 3.62. The van der Waals surface area contributed by atoms with Crippen LogP contribution >= 0.6 is 0 Å². The van der Waals surface area contributed by atoms with Crippen molar-refractivity contribution in [1.29, 1.82) is 0 Å². The number of hydrogen-bond donors (Lipinski definition) is 2. The van der Waals surface area contributed by atoms with Gasteiger partial charge in [0.25, 0.3) is 5.91 Å². The molecule has 0 atom stereocenters. The molecule has 1 amide bonds. The Labute approximate surface area is 149 Å². The highest BCUT2D eigenvalue weighted by molar-refractivity contribution is 7.89. The maximum atomic E-state index is 12.8. The third-order valence-electron chi connectivity index (χ3n) is 5.73. The second kappa shape index (κ2) is 6.37. The Bertz CT molecular complexity index is 758. The highest BCUT2D eigenvalue weighted by Gasteiger charge is 2.38. The van der Waals surface area contributed by atoms with Crippen molar-refractivity contribution >= 4 is 15.9 Å². The van der Waals surface area contributed by atoms with Gasteiger partial charge in [0.05, 0.1) is 4.90 Å². The standard InChI is InChI=1S/C18H25N3O3S/c22-17(21-10-7-18(8-11-21)6-9-19-13-18)14-2-1-3-16(12-14)25(23,24)20-15-4-5-15/h1-3,12,15,19-20H,4-11,13H2. The zero-order chi connectivity index (χ0) is 17.5. The van der Waals surface area contributed by atoms with E-state index in [-0.39, 0.29) is 16.8 Å². The zero-order valence-electron chi connectivity index (χ0n) is 14.3. The Balaban J connectivity index is 1.46. The average molecular weight is 363 g/mol. The Hall–Kier alpha value is -1.44. The molecule has 1 aromatic rings. The minimum absolute atomic E-state index is 0.0580. The second-order valence-corrected chi connectivity index (χ2v) is 9.36. The smallest absolute Gasteiger partial charge is 0.253 e. The normalized spacial score (nSPS) is 23.1. The number of nitrogens with one attached hydrogen (secondary N) is 2. The second-order valence-electron chi connectivity index (χ2n) is 7.64. The quantitative estimate of drug-likeness (QED) is 0.846. The van der Waals surface area contributed by atoms with Gasteiger partial charge in [0.15, 0.2) is 0 Å². The Morgan fingerprint density at radius 1 is 1.20 bits per heavy atom. The number of rotatable bonds is 4. The van der Waals surface area contributed by atoms with Crippen molar-refractivity contribution in [3.05, 3.63) is 29.8 Å². The topological polar surface area (TPSA) is 78.5 Å². The molecular weight excluding hydrogens is 338 g/mol. The van der Waals surface area contributed by atoms with Crippen molar-refractivity contribution in [2.75, 3.05) is 26.2 Å². The van der Waals surface area contributed by atoms with Gasteiger partial charge in [0, 0.05) is 31.2 Å². The van der Waals surface area contributed by atoms with Crippen molar-refractivity contribution in [2.45, 2.75) is 43.0 Å². The van der Waals surface area contributed by atoms with Gasteiger partial charge >= 0.3 is 0 Å². The molecule has 2 saturated heterocycles. The van der Waals surface area contributed by atoms with Crippen molar-refractivity contribution in [2.24, 2.45) is 5.41 Å². The molecule has 2 N–H and O–H groups in total. The van der Waals surface area contributed by atoms with Crippen LogP contribution in [-0.2, 0) is 10.0 Å². The minimum Gasteiger partial charge on any atom is -0.339 e. The first-order chi connectivity index (χ1) is 12.0. The average Bonchev–Trinajstić information content (AvgIpc) is 3.31. The SMILES string of the molecule is O=C(c1cccc(S(=O)(=O)NC2CC2)c1)N1CCC2(CCNC2)CC1. The number of carbonyl (C=O) groups excluding carboxylic acids is 1. The van der Waals surface area contributed by atoms with E-state index < -0.39 is 10.0 Å². The molecule has 1 saturated carbocycles. The predicted octanol–water partition coefficient (Wildman–Crippen LogP) is 1.34. The van der Waals surface area contributed by atoms with E-state index in [1.54, 1.807) is 18.2 Å². The maximum absolute atomic E-state index is 12.8. The summed E-state index contributed by atoms with van der Waals surface area (Å²) < 4.78 is 27.4.